The Morgan fingerprint density at radius 1 is 1.12 bits per heavy atom. The van der Waals surface area contributed by atoms with Crippen molar-refractivity contribution in [2.24, 2.45) is 0 Å². The summed E-state index contributed by atoms with van der Waals surface area (Å²) in [6.07, 6.45) is 0. The van der Waals surface area contributed by atoms with Gasteiger partial charge in [-0.2, -0.15) is 0 Å². The van der Waals surface area contributed by atoms with Gasteiger partial charge in [0.05, 0.1) is 0 Å². The fraction of sp³-hybridized carbons (Fsp3) is 0.286. The third kappa shape index (κ3) is 3.14. The van der Waals surface area contributed by atoms with E-state index in [1.54, 1.807) is 17.4 Å². The average Bonchev–Trinajstić information content (AvgIpc) is 2.70. The average molecular weight is 249 g/mol. The normalized spacial score (nSPS) is 10.8. The van der Waals surface area contributed by atoms with E-state index in [4.69, 9.17) is 0 Å². The first kappa shape index (κ1) is 12.3. The Hall–Kier alpha value is -1.19. The van der Waals surface area contributed by atoms with Crippen LogP contribution in [-0.4, -0.2) is 0 Å². The van der Waals surface area contributed by atoms with Crippen LogP contribution in [0.1, 0.15) is 21.6 Å². The van der Waals surface area contributed by atoms with Gasteiger partial charge in [0.1, 0.15) is 5.82 Å². The number of thiophene rings is 1. The van der Waals surface area contributed by atoms with Crippen LogP contribution in [0, 0.1) is 19.7 Å². The van der Waals surface area contributed by atoms with Gasteiger partial charge in [0.25, 0.3) is 0 Å². The highest BCUT2D eigenvalue weighted by molar-refractivity contribution is 7.10. The molecule has 0 aliphatic rings. The number of halogens is 1. The Kier molecular flexibility index (Phi) is 3.92. The highest BCUT2D eigenvalue weighted by Crippen LogP contribution is 2.15. The van der Waals surface area contributed by atoms with E-state index in [0.29, 0.717) is 6.54 Å². The molecule has 0 saturated heterocycles. The van der Waals surface area contributed by atoms with Crippen LogP contribution in [0.4, 0.5) is 4.39 Å². The maximum Gasteiger partial charge on any atom is 0.123 e. The van der Waals surface area contributed by atoms with E-state index in [1.165, 1.54) is 16.5 Å². The number of nitrogens with one attached hydrogen (secondary N) is 1. The van der Waals surface area contributed by atoms with E-state index < -0.39 is 0 Å². The minimum atomic E-state index is -0.167. The molecule has 1 aromatic heterocycles. The highest BCUT2D eigenvalue weighted by atomic mass is 32.1. The van der Waals surface area contributed by atoms with Crippen molar-refractivity contribution in [3.63, 3.8) is 0 Å². The summed E-state index contributed by atoms with van der Waals surface area (Å²) in [5, 5.41) is 5.45. The lowest BCUT2D eigenvalue weighted by atomic mass is 10.1. The minimum absolute atomic E-state index is 0.167. The predicted molar refractivity (Wildman–Crippen MR) is 70.7 cm³/mol. The number of benzene rings is 1. The van der Waals surface area contributed by atoms with Crippen LogP contribution in [0.25, 0.3) is 0 Å². The number of aryl methyl sites for hydroxylation is 2. The van der Waals surface area contributed by atoms with Gasteiger partial charge in [-0.1, -0.05) is 6.07 Å². The van der Waals surface area contributed by atoms with Crippen molar-refractivity contribution >= 4 is 11.3 Å². The SMILES string of the molecule is Cc1ccc(F)cc1CNCc1sccc1C. The Balaban J connectivity index is 1.94. The molecule has 1 aromatic carbocycles. The van der Waals surface area contributed by atoms with Gasteiger partial charge in [0, 0.05) is 18.0 Å². The third-order valence-corrected chi connectivity index (χ3v) is 3.90. The number of rotatable bonds is 4. The molecule has 17 heavy (non-hydrogen) atoms. The monoisotopic (exact) mass is 249 g/mol. The molecule has 0 atom stereocenters. The van der Waals surface area contributed by atoms with Gasteiger partial charge >= 0.3 is 0 Å². The number of hydrogen-bond donors (Lipinski definition) is 1. The van der Waals surface area contributed by atoms with Crippen LogP contribution in [0.2, 0.25) is 0 Å². The standard InChI is InChI=1S/C14H16FNS/c1-10-3-4-13(15)7-12(10)8-16-9-14-11(2)5-6-17-14/h3-7,16H,8-9H2,1-2H3. The Morgan fingerprint density at radius 3 is 2.65 bits per heavy atom. The summed E-state index contributed by atoms with van der Waals surface area (Å²) in [5.41, 5.74) is 3.47. The topological polar surface area (TPSA) is 12.0 Å². The van der Waals surface area contributed by atoms with E-state index >= 15 is 0 Å². The van der Waals surface area contributed by atoms with E-state index in [1.807, 2.05) is 13.0 Å². The van der Waals surface area contributed by atoms with Crippen LogP contribution in [-0.2, 0) is 13.1 Å². The summed E-state index contributed by atoms with van der Waals surface area (Å²) < 4.78 is 13.1. The predicted octanol–water partition coefficient (Wildman–Crippen LogP) is 3.79. The van der Waals surface area contributed by atoms with Crippen molar-refractivity contribution in [3.8, 4) is 0 Å². The second-order valence-electron chi connectivity index (χ2n) is 4.20. The van der Waals surface area contributed by atoms with Crippen molar-refractivity contribution < 1.29 is 4.39 Å². The molecule has 0 fully saturated rings. The maximum atomic E-state index is 13.1. The second kappa shape index (κ2) is 5.43. The van der Waals surface area contributed by atoms with Crippen LogP contribution in [0.5, 0.6) is 0 Å². The van der Waals surface area contributed by atoms with Gasteiger partial charge in [-0.05, 0) is 54.1 Å². The van der Waals surface area contributed by atoms with Crippen molar-refractivity contribution in [2.45, 2.75) is 26.9 Å². The zero-order chi connectivity index (χ0) is 12.3. The molecule has 2 aromatic rings. The molecule has 90 valence electrons. The molecule has 1 N–H and O–H groups in total. The fourth-order valence-corrected chi connectivity index (χ4v) is 2.60. The first-order valence-corrected chi connectivity index (χ1v) is 6.53. The maximum absolute atomic E-state index is 13.1. The first-order valence-electron chi connectivity index (χ1n) is 5.65. The summed E-state index contributed by atoms with van der Waals surface area (Å²) in [6.45, 7) is 5.67. The Morgan fingerprint density at radius 2 is 1.94 bits per heavy atom. The van der Waals surface area contributed by atoms with E-state index in [0.717, 1.165) is 17.7 Å². The van der Waals surface area contributed by atoms with Crippen LogP contribution in [0.3, 0.4) is 0 Å². The van der Waals surface area contributed by atoms with Crippen LogP contribution < -0.4 is 5.32 Å². The minimum Gasteiger partial charge on any atom is -0.308 e. The molecule has 0 radical (unpaired) electrons. The second-order valence-corrected chi connectivity index (χ2v) is 5.20. The lowest BCUT2D eigenvalue weighted by Crippen LogP contribution is -2.13. The van der Waals surface area contributed by atoms with Gasteiger partial charge in [0.2, 0.25) is 0 Å². The van der Waals surface area contributed by atoms with Gasteiger partial charge in [-0.25, -0.2) is 4.39 Å². The van der Waals surface area contributed by atoms with Gasteiger partial charge in [-0.3, -0.25) is 0 Å². The summed E-state index contributed by atoms with van der Waals surface area (Å²) in [4.78, 5) is 1.35. The summed E-state index contributed by atoms with van der Waals surface area (Å²) in [6, 6.07) is 7.05. The third-order valence-electron chi connectivity index (χ3n) is 2.88. The molecule has 0 bridgehead atoms. The first-order chi connectivity index (χ1) is 8.16. The Labute approximate surface area is 105 Å². The molecule has 1 nitrogen and oxygen atoms in total. The van der Waals surface area contributed by atoms with Crippen molar-refractivity contribution in [3.05, 3.63) is 57.0 Å². The molecule has 1 heterocycles. The lowest BCUT2D eigenvalue weighted by molar-refractivity contribution is 0.619. The smallest absolute Gasteiger partial charge is 0.123 e. The quantitative estimate of drug-likeness (QED) is 0.869. The van der Waals surface area contributed by atoms with E-state index in [2.05, 4.69) is 23.7 Å². The Bertz CT molecular complexity index is 505. The molecule has 3 heteroatoms. The molecule has 0 aliphatic carbocycles. The molecule has 0 amide bonds. The molecule has 2 rings (SSSR count). The molecule has 0 unspecified atom stereocenters. The fourth-order valence-electron chi connectivity index (χ4n) is 1.73. The van der Waals surface area contributed by atoms with Crippen molar-refractivity contribution in [1.82, 2.24) is 5.32 Å². The summed E-state index contributed by atoms with van der Waals surface area (Å²) in [7, 11) is 0. The summed E-state index contributed by atoms with van der Waals surface area (Å²) >= 11 is 1.76. The molecular weight excluding hydrogens is 233 g/mol. The van der Waals surface area contributed by atoms with Gasteiger partial charge in [-0.15, -0.1) is 11.3 Å². The zero-order valence-electron chi connectivity index (χ0n) is 10.1. The molecular formula is C14H16FNS. The highest BCUT2D eigenvalue weighted by Gasteiger charge is 2.02. The molecule has 0 saturated carbocycles. The largest absolute Gasteiger partial charge is 0.308 e. The summed E-state index contributed by atoms with van der Waals surface area (Å²) in [5.74, 6) is -0.167. The van der Waals surface area contributed by atoms with E-state index in [9.17, 15) is 4.39 Å². The zero-order valence-corrected chi connectivity index (χ0v) is 10.9. The van der Waals surface area contributed by atoms with Gasteiger partial charge < -0.3 is 5.32 Å². The molecule has 0 aliphatic heterocycles. The van der Waals surface area contributed by atoms with Crippen LogP contribution in [0.15, 0.2) is 29.6 Å². The van der Waals surface area contributed by atoms with Gasteiger partial charge in [0.15, 0.2) is 0 Å². The van der Waals surface area contributed by atoms with Crippen molar-refractivity contribution in [2.75, 3.05) is 0 Å². The van der Waals surface area contributed by atoms with E-state index in [-0.39, 0.29) is 5.82 Å². The molecule has 0 spiro atoms. The number of hydrogen-bond acceptors (Lipinski definition) is 2. The van der Waals surface area contributed by atoms with Crippen LogP contribution >= 0.6 is 11.3 Å². The van der Waals surface area contributed by atoms with Crippen molar-refractivity contribution in [1.29, 1.82) is 0 Å². The lowest BCUT2D eigenvalue weighted by Gasteiger charge is -2.07.